The zero-order valence-electron chi connectivity index (χ0n) is 16.5. The van der Waals surface area contributed by atoms with Gasteiger partial charge < -0.3 is 31.5 Å². The zero-order valence-corrected chi connectivity index (χ0v) is 16.5. The Balaban J connectivity index is 1.74. The Morgan fingerprint density at radius 1 is 1.23 bits per heavy atom. The number of nitrogens with two attached hydrogens (primary N) is 2. The van der Waals surface area contributed by atoms with Gasteiger partial charge in [-0.05, 0) is 36.2 Å². The Morgan fingerprint density at radius 3 is 2.60 bits per heavy atom. The molecule has 0 saturated carbocycles. The van der Waals surface area contributed by atoms with Crippen molar-refractivity contribution in [2.24, 2.45) is 5.41 Å². The van der Waals surface area contributed by atoms with Gasteiger partial charge in [0.05, 0.1) is 24.3 Å². The van der Waals surface area contributed by atoms with E-state index in [4.69, 9.17) is 21.6 Å². The maximum Gasteiger partial charge on any atom is 0.272 e. The van der Waals surface area contributed by atoms with Crippen molar-refractivity contribution in [2.45, 2.75) is 6.92 Å². The summed E-state index contributed by atoms with van der Waals surface area (Å²) in [6.07, 6.45) is 0.991. The topological polar surface area (TPSA) is 121 Å². The van der Waals surface area contributed by atoms with Crippen molar-refractivity contribution in [1.29, 1.82) is 5.41 Å². The molecule has 8 heteroatoms. The molecule has 1 spiro atoms. The van der Waals surface area contributed by atoms with Gasteiger partial charge in [0.25, 0.3) is 5.56 Å². The van der Waals surface area contributed by atoms with Crippen LogP contribution >= 0.6 is 0 Å². The molecule has 154 valence electrons. The number of aromatic amines is 1. The minimum atomic E-state index is -0.616. The van der Waals surface area contributed by atoms with Crippen molar-refractivity contribution in [3.8, 4) is 11.1 Å². The number of pyridine rings is 1. The predicted molar refractivity (Wildman–Crippen MR) is 117 cm³/mol. The van der Waals surface area contributed by atoms with Crippen LogP contribution in [0, 0.1) is 23.6 Å². The fourth-order valence-electron chi connectivity index (χ4n) is 4.58. The number of benzene rings is 2. The Labute approximate surface area is 171 Å². The first-order valence-electron chi connectivity index (χ1n) is 9.71. The fourth-order valence-corrected chi connectivity index (χ4v) is 4.58. The molecule has 30 heavy (non-hydrogen) atoms. The molecule has 2 aromatic carbocycles. The monoisotopic (exact) mass is 407 g/mol. The highest BCUT2D eigenvalue weighted by molar-refractivity contribution is 6.07. The van der Waals surface area contributed by atoms with Crippen molar-refractivity contribution in [3.05, 3.63) is 51.6 Å². The summed E-state index contributed by atoms with van der Waals surface area (Å²) in [5, 5.41) is 8.47. The number of rotatable bonds is 3. The lowest BCUT2D eigenvalue weighted by Crippen LogP contribution is -2.66. The van der Waals surface area contributed by atoms with Gasteiger partial charge in [0, 0.05) is 47.0 Å². The van der Waals surface area contributed by atoms with E-state index in [1.807, 2.05) is 19.1 Å². The normalized spacial score (nSPS) is 17.1. The number of hydrogen-bond donors (Lipinski definition) is 4. The second-order valence-corrected chi connectivity index (χ2v) is 8.34. The molecule has 2 saturated heterocycles. The summed E-state index contributed by atoms with van der Waals surface area (Å²) in [4.78, 5) is 17.7. The van der Waals surface area contributed by atoms with Crippen molar-refractivity contribution >= 4 is 34.2 Å². The maximum atomic E-state index is 14.0. The van der Waals surface area contributed by atoms with E-state index >= 15 is 0 Å². The summed E-state index contributed by atoms with van der Waals surface area (Å²) in [6, 6.07) is 6.68. The number of nitrogens with zero attached hydrogens (tertiary/aromatic N) is 1. The highest BCUT2D eigenvalue weighted by Gasteiger charge is 2.49. The summed E-state index contributed by atoms with van der Waals surface area (Å²) in [6.45, 7) is 5.42. The molecule has 0 aliphatic carbocycles. The molecule has 0 atom stereocenters. The van der Waals surface area contributed by atoms with E-state index in [1.54, 1.807) is 0 Å². The van der Waals surface area contributed by atoms with Crippen LogP contribution in [0.4, 0.5) is 21.5 Å². The molecule has 7 nitrogen and oxygen atoms in total. The summed E-state index contributed by atoms with van der Waals surface area (Å²) in [5.41, 5.74) is 15.6. The summed E-state index contributed by atoms with van der Waals surface area (Å²) in [5.74, 6) is -0.616. The van der Waals surface area contributed by atoms with Crippen molar-refractivity contribution in [2.75, 3.05) is 42.7 Å². The third kappa shape index (κ3) is 2.53. The van der Waals surface area contributed by atoms with Gasteiger partial charge in [-0.3, -0.25) is 4.79 Å². The van der Waals surface area contributed by atoms with Crippen LogP contribution in [-0.2, 0) is 4.74 Å². The molecular formula is C22H22FN5O2. The van der Waals surface area contributed by atoms with E-state index in [-0.39, 0.29) is 22.4 Å². The van der Waals surface area contributed by atoms with Gasteiger partial charge in [0.2, 0.25) is 0 Å². The Hall–Kier alpha value is -3.39. The first-order valence-corrected chi connectivity index (χ1v) is 9.71. The second kappa shape index (κ2) is 6.30. The number of fused-ring (bicyclic) bond motifs is 1. The van der Waals surface area contributed by atoms with Crippen molar-refractivity contribution in [1.82, 2.24) is 4.98 Å². The molecular weight excluding hydrogens is 385 g/mol. The van der Waals surface area contributed by atoms with Crippen LogP contribution in [0.3, 0.4) is 0 Å². The van der Waals surface area contributed by atoms with Gasteiger partial charge in [-0.25, -0.2) is 4.39 Å². The molecule has 0 radical (unpaired) electrons. The SMILES string of the molecule is Cc1cc2[nH]c(=O)c(N)c(-c3ccc(F)c(N)c3C=N)c2cc1N1CC2(COC2)C1. The van der Waals surface area contributed by atoms with Crippen LogP contribution in [0.15, 0.2) is 29.1 Å². The largest absolute Gasteiger partial charge is 0.396 e. The quantitative estimate of drug-likeness (QED) is 0.393. The van der Waals surface area contributed by atoms with Crippen LogP contribution in [0.1, 0.15) is 11.1 Å². The van der Waals surface area contributed by atoms with E-state index in [9.17, 15) is 9.18 Å². The summed E-state index contributed by atoms with van der Waals surface area (Å²) < 4.78 is 19.4. The lowest BCUT2D eigenvalue weighted by molar-refractivity contribution is -0.127. The number of nitrogens with one attached hydrogen (secondary N) is 2. The van der Waals surface area contributed by atoms with Gasteiger partial charge in [-0.2, -0.15) is 0 Å². The summed E-state index contributed by atoms with van der Waals surface area (Å²) >= 11 is 0. The second-order valence-electron chi connectivity index (χ2n) is 8.34. The number of H-pyrrole nitrogens is 1. The van der Waals surface area contributed by atoms with Crippen LogP contribution in [0.5, 0.6) is 0 Å². The number of aryl methyl sites for hydroxylation is 1. The van der Waals surface area contributed by atoms with Gasteiger partial charge in [0.15, 0.2) is 0 Å². The molecule has 3 aromatic rings. The van der Waals surface area contributed by atoms with Crippen LogP contribution in [0.25, 0.3) is 22.0 Å². The molecule has 2 aliphatic rings. The maximum absolute atomic E-state index is 14.0. The van der Waals surface area contributed by atoms with Crippen molar-refractivity contribution < 1.29 is 9.13 Å². The molecule has 0 unspecified atom stereocenters. The number of ether oxygens (including phenoxy) is 1. The van der Waals surface area contributed by atoms with E-state index in [2.05, 4.69) is 9.88 Å². The van der Waals surface area contributed by atoms with E-state index in [0.29, 0.717) is 16.6 Å². The number of anilines is 3. The highest BCUT2D eigenvalue weighted by Crippen LogP contribution is 2.43. The molecule has 3 heterocycles. The first kappa shape index (κ1) is 18.6. The molecule has 2 fully saturated rings. The Kier molecular flexibility index (Phi) is 3.91. The molecule has 0 amide bonds. The van der Waals surface area contributed by atoms with E-state index in [1.165, 1.54) is 12.1 Å². The Bertz CT molecular complexity index is 1270. The predicted octanol–water partition coefficient (Wildman–Crippen LogP) is 2.64. The molecule has 6 N–H and O–H groups in total. The fraction of sp³-hybridized carbons (Fsp3) is 0.273. The van der Waals surface area contributed by atoms with E-state index < -0.39 is 11.4 Å². The Morgan fingerprint density at radius 2 is 1.97 bits per heavy atom. The van der Waals surface area contributed by atoms with Crippen LogP contribution in [0.2, 0.25) is 0 Å². The number of hydrogen-bond acceptors (Lipinski definition) is 6. The molecule has 5 rings (SSSR count). The van der Waals surface area contributed by atoms with Crippen molar-refractivity contribution in [3.63, 3.8) is 0 Å². The lowest BCUT2D eigenvalue weighted by Gasteiger charge is -2.56. The number of nitrogen functional groups attached to an aromatic ring is 2. The minimum absolute atomic E-state index is 0.0129. The lowest BCUT2D eigenvalue weighted by atomic mass is 9.77. The van der Waals surface area contributed by atoms with Gasteiger partial charge in [0.1, 0.15) is 11.5 Å². The smallest absolute Gasteiger partial charge is 0.272 e. The highest BCUT2D eigenvalue weighted by atomic mass is 19.1. The van der Waals surface area contributed by atoms with E-state index in [0.717, 1.165) is 49.2 Å². The standard InChI is InChI=1S/C22H22FN5O2/c1-11-4-16-13(5-17(11)28-7-22(8-28)9-30-10-22)18(20(26)21(29)27-16)12-2-3-15(23)19(25)14(12)6-24/h2-6,24H,7-10,25-26H2,1H3,(H,27,29). The van der Waals surface area contributed by atoms with Gasteiger partial charge in [-0.15, -0.1) is 0 Å². The third-order valence-corrected chi connectivity index (χ3v) is 6.22. The number of halogens is 1. The average molecular weight is 407 g/mol. The number of aromatic nitrogens is 1. The third-order valence-electron chi connectivity index (χ3n) is 6.22. The molecule has 1 aromatic heterocycles. The van der Waals surface area contributed by atoms with Crippen LogP contribution < -0.4 is 21.9 Å². The summed E-state index contributed by atoms with van der Waals surface area (Å²) in [7, 11) is 0. The minimum Gasteiger partial charge on any atom is -0.396 e. The van der Waals surface area contributed by atoms with Gasteiger partial charge in [-0.1, -0.05) is 6.07 Å². The average Bonchev–Trinajstić information content (AvgIpc) is 2.64. The molecule has 0 bridgehead atoms. The molecule has 2 aliphatic heterocycles. The first-order chi connectivity index (χ1) is 14.3. The zero-order chi connectivity index (χ0) is 21.2. The van der Waals surface area contributed by atoms with Gasteiger partial charge >= 0.3 is 0 Å². The van der Waals surface area contributed by atoms with Crippen LogP contribution in [-0.4, -0.2) is 37.5 Å².